The molecule has 0 aromatic rings. The van der Waals surface area contributed by atoms with Gasteiger partial charge in [-0.05, 0) is 71.8 Å². The summed E-state index contributed by atoms with van der Waals surface area (Å²) in [6.45, 7) is 12.7. The van der Waals surface area contributed by atoms with Crippen LogP contribution in [0.25, 0.3) is 0 Å². The maximum atomic E-state index is 12.2. The molecule has 3 rings (SSSR count). The van der Waals surface area contributed by atoms with E-state index in [2.05, 4.69) is 44.3 Å². The second-order valence-electron chi connectivity index (χ2n) is 11.7. The van der Waals surface area contributed by atoms with Crippen molar-refractivity contribution in [3.05, 3.63) is 36.0 Å². The van der Waals surface area contributed by atoms with Crippen molar-refractivity contribution < 1.29 is 23.8 Å². The molecular formula is C29H45NO5. The number of nitrogens with one attached hydrogen (secondary N) is 1. The van der Waals surface area contributed by atoms with Gasteiger partial charge < -0.3 is 19.5 Å². The normalized spacial score (nSPS) is 31.7. The van der Waals surface area contributed by atoms with Gasteiger partial charge in [-0.15, -0.1) is 0 Å². The molecule has 3 aliphatic rings. The summed E-state index contributed by atoms with van der Waals surface area (Å²) in [5.41, 5.74) is 1.19. The fourth-order valence-electron chi connectivity index (χ4n) is 5.19. The molecule has 1 N–H and O–H groups in total. The first kappa shape index (κ1) is 27.7. The largest absolute Gasteiger partial charge is 0.458 e. The van der Waals surface area contributed by atoms with Crippen LogP contribution < -0.4 is 5.32 Å². The Morgan fingerprint density at radius 3 is 2.43 bits per heavy atom. The van der Waals surface area contributed by atoms with E-state index in [1.807, 2.05) is 0 Å². The van der Waals surface area contributed by atoms with Gasteiger partial charge in [0.15, 0.2) is 0 Å². The third-order valence-corrected chi connectivity index (χ3v) is 7.18. The summed E-state index contributed by atoms with van der Waals surface area (Å²) in [6, 6.07) is 0.214. The lowest BCUT2D eigenvalue weighted by atomic mass is 9.83. The maximum absolute atomic E-state index is 12.2. The number of allylic oxidation sites excluding steroid dienone is 3. The zero-order valence-electron chi connectivity index (χ0n) is 22.5. The van der Waals surface area contributed by atoms with Crippen LogP contribution in [0.5, 0.6) is 0 Å². The predicted molar refractivity (Wildman–Crippen MR) is 138 cm³/mol. The van der Waals surface area contributed by atoms with Crippen LogP contribution in [0.3, 0.4) is 0 Å². The summed E-state index contributed by atoms with van der Waals surface area (Å²) in [5, 5.41) is 3.09. The second-order valence-corrected chi connectivity index (χ2v) is 11.7. The van der Waals surface area contributed by atoms with Gasteiger partial charge in [-0.25, -0.2) is 0 Å². The van der Waals surface area contributed by atoms with Crippen molar-refractivity contribution in [2.45, 2.75) is 116 Å². The molecular weight excluding hydrogens is 442 g/mol. The molecule has 2 saturated heterocycles. The lowest BCUT2D eigenvalue weighted by molar-refractivity contribution is -0.150. The predicted octanol–water partition coefficient (Wildman–Crippen LogP) is 5.42. The minimum atomic E-state index is -0.408. The number of hydrogen-bond donors (Lipinski definition) is 1. The van der Waals surface area contributed by atoms with E-state index in [9.17, 15) is 9.59 Å². The Kier molecular flexibility index (Phi) is 9.39. The average Bonchev–Trinajstić information content (AvgIpc) is 3.51. The number of rotatable bonds is 9. The molecule has 0 aromatic heterocycles. The molecule has 0 unspecified atom stereocenters. The van der Waals surface area contributed by atoms with Crippen LogP contribution >= 0.6 is 0 Å². The van der Waals surface area contributed by atoms with E-state index in [1.54, 1.807) is 26.8 Å². The van der Waals surface area contributed by atoms with Crippen molar-refractivity contribution in [3.63, 3.8) is 0 Å². The highest BCUT2D eigenvalue weighted by atomic mass is 16.6. The van der Waals surface area contributed by atoms with Crippen molar-refractivity contribution in [2.24, 2.45) is 11.8 Å². The molecule has 2 aliphatic heterocycles. The first-order chi connectivity index (χ1) is 16.5. The van der Waals surface area contributed by atoms with E-state index in [0.29, 0.717) is 5.92 Å². The second kappa shape index (κ2) is 11.9. The highest BCUT2D eigenvalue weighted by Gasteiger charge is 2.53. The fourth-order valence-corrected chi connectivity index (χ4v) is 5.19. The minimum absolute atomic E-state index is 0.0526. The van der Waals surface area contributed by atoms with Crippen molar-refractivity contribution in [1.82, 2.24) is 5.32 Å². The molecule has 1 aliphatic carbocycles. The van der Waals surface area contributed by atoms with Gasteiger partial charge in [-0.2, -0.15) is 0 Å². The van der Waals surface area contributed by atoms with Crippen LogP contribution in [0.2, 0.25) is 0 Å². The maximum Gasteiger partial charge on any atom is 0.308 e. The summed E-state index contributed by atoms with van der Waals surface area (Å²) >= 11 is 0. The lowest BCUT2D eigenvalue weighted by Crippen LogP contribution is -2.43. The van der Waals surface area contributed by atoms with Crippen LogP contribution in [0.1, 0.15) is 86.5 Å². The summed E-state index contributed by atoms with van der Waals surface area (Å²) < 4.78 is 17.2. The van der Waals surface area contributed by atoms with Crippen molar-refractivity contribution in [1.29, 1.82) is 0 Å². The van der Waals surface area contributed by atoms with Gasteiger partial charge in [0, 0.05) is 25.0 Å². The number of epoxide rings is 1. The molecule has 6 heteroatoms. The van der Waals surface area contributed by atoms with Gasteiger partial charge in [0.1, 0.15) is 6.10 Å². The van der Waals surface area contributed by atoms with E-state index >= 15 is 0 Å². The number of esters is 1. The summed E-state index contributed by atoms with van der Waals surface area (Å²) in [6.07, 6.45) is 16.8. The molecule has 2 heterocycles. The Bertz CT molecular complexity index is 822. The number of hydrogen-bond acceptors (Lipinski definition) is 5. The zero-order chi connectivity index (χ0) is 25.6. The van der Waals surface area contributed by atoms with Crippen LogP contribution in [0.4, 0.5) is 0 Å². The molecule has 0 bridgehead atoms. The number of carbonyl (C=O) groups excluding carboxylic acids is 2. The van der Waals surface area contributed by atoms with Gasteiger partial charge in [-0.1, -0.05) is 37.6 Å². The van der Waals surface area contributed by atoms with Gasteiger partial charge in [0.05, 0.1) is 29.8 Å². The number of amides is 1. The highest BCUT2D eigenvalue weighted by Crippen LogP contribution is 2.46. The van der Waals surface area contributed by atoms with Gasteiger partial charge in [0.2, 0.25) is 5.91 Å². The number of ether oxygens (including phenoxy) is 3. The Morgan fingerprint density at radius 2 is 1.80 bits per heavy atom. The van der Waals surface area contributed by atoms with E-state index < -0.39 is 6.10 Å². The fraction of sp³-hybridized carbons (Fsp3) is 0.724. The molecule has 196 valence electrons. The third kappa shape index (κ3) is 9.23. The van der Waals surface area contributed by atoms with Crippen LogP contribution in [0.15, 0.2) is 36.0 Å². The van der Waals surface area contributed by atoms with Gasteiger partial charge in [-0.3, -0.25) is 9.59 Å². The molecule has 1 amide bonds. The Morgan fingerprint density at radius 1 is 1.11 bits per heavy atom. The highest BCUT2D eigenvalue weighted by molar-refractivity contribution is 5.87. The van der Waals surface area contributed by atoms with Crippen molar-refractivity contribution in [3.8, 4) is 0 Å². The van der Waals surface area contributed by atoms with Gasteiger partial charge in [0.25, 0.3) is 0 Å². The monoisotopic (exact) mass is 487 g/mol. The van der Waals surface area contributed by atoms with Crippen molar-refractivity contribution in [2.75, 3.05) is 6.61 Å². The molecule has 35 heavy (non-hydrogen) atoms. The minimum Gasteiger partial charge on any atom is -0.458 e. The SMILES string of the molecule is CC(/C=C/[C@@H]1C[C@]2(CO2)CC(C)(C)O1)=C\C[C@H]1CC[C@@H](NC(=O)/C=C\[C@H](C)OC(=O)C(C)C)CC1. The average molecular weight is 488 g/mol. The summed E-state index contributed by atoms with van der Waals surface area (Å²) in [5.74, 6) is 0.111. The van der Waals surface area contributed by atoms with Crippen LogP contribution in [0, 0.1) is 11.8 Å². The van der Waals surface area contributed by atoms with E-state index in [-0.39, 0.29) is 41.1 Å². The molecule has 0 radical (unpaired) electrons. The quantitative estimate of drug-likeness (QED) is 0.203. The molecule has 1 saturated carbocycles. The van der Waals surface area contributed by atoms with Crippen molar-refractivity contribution >= 4 is 11.9 Å². The third-order valence-electron chi connectivity index (χ3n) is 7.18. The van der Waals surface area contributed by atoms with E-state index in [0.717, 1.165) is 51.6 Å². The zero-order valence-corrected chi connectivity index (χ0v) is 22.5. The smallest absolute Gasteiger partial charge is 0.308 e. The Hall–Kier alpha value is -1.92. The van der Waals surface area contributed by atoms with Crippen LogP contribution in [-0.4, -0.2) is 47.9 Å². The Labute approximate surface area is 211 Å². The molecule has 3 atom stereocenters. The molecule has 1 spiro atoms. The summed E-state index contributed by atoms with van der Waals surface area (Å²) in [7, 11) is 0. The Balaban J connectivity index is 1.35. The van der Waals surface area contributed by atoms with Crippen LogP contribution in [-0.2, 0) is 23.8 Å². The molecule has 3 fully saturated rings. The topological polar surface area (TPSA) is 77.2 Å². The first-order valence-corrected chi connectivity index (χ1v) is 13.3. The van der Waals surface area contributed by atoms with Gasteiger partial charge >= 0.3 is 5.97 Å². The lowest BCUT2D eigenvalue weighted by Gasteiger charge is -2.38. The molecule has 6 nitrogen and oxygen atoms in total. The standard InChI is InChI=1S/C29H45NO5/c1-20(2)27(32)34-22(4)9-16-26(31)30-24-13-11-23(12-14-24)10-7-21(3)8-15-25-17-29(19-33-29)18-28(5,6)35-25/h7-9,15-16,20,22-25H,10-14,17-19H2,1-6H3,(H,30,31)/b15-8+,16-9-,21-7+/t22-,23-,24+,25+,29+/m0/s1. The number of carbonyl (C=O) groups is 2. The molecule has 0 aromatic carbocycles. The van der Waals surface area contributed by atoms with E-state index in [4.69, 9.17) is 14.2 Å². The first-order valence-electron chi connectivity index (χ1n) is 13.3. The summed E-state index contributed by atoms with van der Waals surface area (Å²) in [4.78, 5) is 23.9. The van der Waals surface area contributed by atoms with E-state index in [1.165, 1.54) is 11.6 Å².